The number of hydrogen-bond acceptors (Lipinski definition) is 3. The maximum Gasteiger partial charge on any atom is 0.157 e. The van der Waals surface area contributed by atoms with Crippen LogP contribution in [-0.2, 0) is 20.0 Å². The zero-order chi connectivity index (χ0) is 17.6. The number of aromatic nitrogens is 3. The summed E-state index contributed by atoms with van der Waals surface area (Å²) in [5, 5.41) is 6.05. The van der Waals surface area contributed by atoms with Crippen LogP contribution >= 0.6 is 11.6 Å². The Hall–Kier alpha value is -1.98. The molecule has 2 aromatic heterocycles. The van der Waals surface area contributed by atoms with Crippen LogP contribution in [0.5, 0.6) is 0 Å². The minimum atomic E-state index is -0.201. The normalized spacial score (nSPS) is 15.7. The number of rotatable bonds is 4. The molecule has 0 amide bonds. The lowest BCUT2D eigenvalue weighted by Crippen LogP contribution is -2.46. The summed E-state index contributed by atoms with van der Waals surface area (Å²) >= 11 is 6.12. The molecule has 3 aromatic rings. The van der Waals surface area contributed by atoms with E-state index in [0.29, 0.717) is 22.9 Å². The number of benzene rings is 1. The molecule has 4 nitrogen and oxygen atoms in total. The van der Waals surface area contributed by atoms with Gasteiger partial charge in [-0.25, -0.2) is 9.37 Å². The van der Waals surface area contributed by atoms with Gasteiger partial charge in [-0.05, 0) is 43.0 Å². The second-order valence-corrected chi connectivity index (χ2v) is 7.30. The lowest BCUT2D eigenvalue weighted by atomic mass is 9.91. The molecule has 0 aliphatic carbocycles. The van der Waals surface area contributed by atoms with E-state index in [0.717, 1.165) is 36.4 Å². The first-order valence-corrected chi connectivity index (χ1v) is 8.82. The average Bonchev–Trinajstić information content (AvgIpc) is 2.82. The molecular formula is C19H20ClFN4. The standard InChI is InChI=1S/C19H20ClFN4/c1-12-15-6-13(8-22-19(15)24(2)23-12)9-25-10-14(11-25)7-16-17(20)4-3-5-18(16)21/h3-6,8,14H,7,9-11H2,1-2H3. The van der Waals surface area contributed by atoms with Crippen molar-refractivity contribution in [1.29, 1.82) is 0 Å². The van der Waals surface area contributed by atoms with Crippen LogP contribution in [0.3, 0.4) is 0 Å². The summed E-state index contributed by atoms with van der Waals surface area (Å²) in [5.74, 6) is 0.249. The molecule has 130 valence electrons. The number of nitrogens with zero attached hydrogens (tertiary/aromatic N) is 4. The Balaban J connectivity index is 1.39. The highest BCUT2D eigenvalue weighted by Crippen LogP contribution is 2.28. The van der Waals surface area contributed by atoms with Crippen LogP contribution < -0.4 is 0 Å². The third-order valence-corrected chi connectivity index (χ3v) is 5.27. The Labute approximate surface area is 151 Å². The largest absolute Gasteiger partial charge is 0.298 e. The molecule has 0 spiro atoms. The number of aryl methyl sites for hydroxylation is 2. The first kappa shape index (κ1) is 16.5. The van der Waals surface area contributed by atoms with Gasteiger partial charge in [0, 0.05) is 48.9 Å². The van der Waals surface area contributed by atoms with Gasteiger partial charge >= 0.3 is 0 Å². The van der Waals surface area contributed by atoms with Gasteiger partial charge in [-0.3, -0.25) is 9.58 Å². The summed E-state index contributed by atoms with van der Waals surface area (Å²) in [6, 6.07) is 7.06. The predicted octanol–water partition coefficient (Wildman–Crippen LogP) is 3.74. The van der Waals surface area contributed by atoms with Crippen molar-refractivity contribution in [1.82, 2.24) is 19.7 Å². The summed E-state index contributed by atoms with van der Waals surface area (Å²) in [7, 11) is 1.91. The van der Waals surface area contributed by atoms with Gasteiger partial charge in [-0.15, -0.1) is 0 Å². The van der Waals surface area contributed by atoms with Crippen LogP contribution in [0.1, 0.15) is 16.8 Å². The van der Waals surface area contributed by atoms with E-state index in [-0.39, 0.29) is 5.82 Å². The summed E-state index contributed by atoms with van der Waals surface area (Å²) in [6.45, 7) is 4.77. The molecule has 25 heavy (non-hydrogen) atoms. The molecule has 6 heteroatoms. The Morgan fingerprint density at radius 1 is 1.32 bits per heavy atom. The van der Waals surface area contributed by atoms with E-state index in [4.69, 9.17) is 11.6 Å². The van der Waals surface area contributed by atoms with Gasteiger partial charge < -0.3 is 0 Å². The second kappa shape index (κ2) is 6.39. The van der Waals surface area contributed by atoms with Gasteiger partial charge in [0.05, 0.1) is 5.69 Å². The zero-order valence-electron chi connectivity index (χ0n) is 14.3. The van der Waals surface area contributed by atoms with Gasteiger partial charge in [0.25, 0.3) is 0 Å². The Morgan fingerprint density at radius 3 is 2.88 bits per heavy atom. The van der Waals surface area contributed by atoms with E-state index in [1.165, 1.54) is 11.6 Å². The van der Waals surface area contributed by atoms with Crippen LogP contribution in [0.25, 0.3) is 11.0 Å². The van der Waals surface area contributed by atoms with E-state index in [1.54, 1.807) is 12.1 Å². The minimum absolute atomic E-state index is 0.201. The van der Waals surface area contributed by atoms with E-state index in [1.807, 2.05) is 24.9 Å². The molecule has 1 fully saturated rings. The Morgan fingerprint density at radius 2 is 2.12 bits per heavy atom. The number of likely N-dealkylation sites (tertiary alicyclic amines) is 1. The zero-order valence-corrected chi connectivity index (χ0v) is 15.1. The quantitative estimate of drug-likeness (QED) is 0.712. The van der Waals surface area contributed by atoms with Gasteiger partial charge in [0.2, 0.25) is 0 Å². The SMILES string of the molecule is Cc1nn(C)c2ncc(CN3CC(Cc4c(F)cccc4Cl)C3)cc12. The van der Waals surface area contributed by atoms with Crippen molar-refractivity contribution in [3.05, 3.63) is 58.1 Å². The highest BCUT2D eigenvalue weighted by Gasteiger charge is 2.28. The van der Waals surface area contributed by atoms with Crippen molar-refractivity contribution in [3.8, 4) is 0 Å². The van der Waals surface area contributed by atoms with Crippen LogP contribution in [0, 0.1) is 18.7 Å². The van der Waals surface area contributed by atoms with Crippen LogP contribution in [0.2, 0.25) is 5.02 Å². The molecule has 1 saturated heterocycles. The van der Waals surface area contributed by atoms with Gasteiger partial charge in [-0.2, -0.15) is 5.10 Å². The summed E-state index contributed by atoms with van der Waals surface area (Å²) in [6.07, 6.45) is 2.62. The Bertz CT molecular complexity index is 910. The van der Waals surface area contributed by atoms with E-state index in [9.17, 15) is 4.39 Å². The number of halogens is 2. The molecule has 3 heterocycles. The fraction of sp³-hybridized carbons (Fsp3) is 0.368. The van der Waals surface area contributed by atoms with Crippen LogP contribution in [0.15, 0.2) is 30.5 Å². The van der Waals surface area contributed by atoms with Crippen molar-refractivity contribution in [2.24, 2.45) is 13.0 Å². The third-order valence-electron chi connectivity index (χ3n) is 4.91. The van der Waals surface area contributed by atoms with E-state index >= 15 is 0 Å². The topological polar surface area (TPSA) is 34.0 Å². The fourth-order valence-electron chi connectivity index (χ4n) is 3.65. The van der Waals surface area contributed by atoms with Crippen LogP contribution in [0.4, 0.5) is 4.39 Å². The molecular weight excluding hydrogens is 339 g/mol. The fourth-order valence-corrected chi connectivity index (χ4v) is 3.89. The van der Waals surface area contributed by atoms with E-state index in [2.05, 4.69) is 21.0 Å². The Kier molecular flexibility index (Phi) is 4.21. The first-order valence-electron chi connectivity index (χ1n) is 8.44. The minimum Gasteiger partial charge on any atom is -0.298 e. The highest BCUT2D eigenvalue weighted by molar-refractivity contribution is 6.31. The van der Waals surface area contributed by atoms with Crippen molar-refractivity contribution >= 4 is 22.6 Å². The molecule has 0 saturated carbocycles. The molecule has 4 rings (SSSR count). The van der Waals surface area contributed by atoms with Gasteiger partial charge in [0.1, 0.15) is 5.82 Å². The van der Waals surface area contributed by atoms with Crippen molar-refractivity contribution < 1.29 is 4.39 Å². The third kappa shape index (κ3) is 3.14. The number of pyridine rings is 1. The van der Waals surface area contributed by atoms with Gasteiger partial charge in [0.15, 0.2) is 5.65 Å². The molecule has 0 radical (unpaired) electrons. The molecule has 0 N–H and O–H groups in total. The number of fused-ring (bicyclic) bond motifs is 1. The lowest BCUT2D eigenvalue weighted by Gasteiger charge is -2.39. The molecule has 0 atom stereocenters. The average molecular weight is 359 g/mol. The van der Waals surface area contributed by atoms with Crippen LogP contribution in [-0.4, -0.2) is 32.8 Å². The molecule has 0 unspecified atom stereocenters. The maximum atomic E-state index is 13.9. The molecule has 1 aliphatic rings. The van der Waals surface area contributed by atoms with Gasteiger partial charge in [-0.1, -0.05) is 17.7 Å². The van der Waals surface area contributed by atoms with Crippen molar-refractivity contribution in [2.75, 3.05) is 13.1 Å². The highest BCUT2D eigenvalue weighted by atomic mass is 35.5. The lowest BCUT2D eigenvalue weighted by molar-refractivity contribution is 0.0920. The predicted molar refractivity (Wildman–Crippen MR) is 97.1 cm³/mol. The van der Waals surface area contributed by atoms with Crippen molar-refractivity contribution in [2.45, 2.75) is 19.9 Å². The van der Waals surface area contributed by atoms with E-state index < -0.39 is 0 Å². The molecule has 0 bridgehead atoms. The maximum absolute atomic E-state index is 13.9. The first-order chi connectivity index (χ1) is 12.0. The summed E-state index contributed by atoms with van der Waals surface area (Å²) in [5.41, 5.74) is 3.74. The second-order valence-electron chi connectivity index (χ2n) is 6.89. The summed E-state index contributed by atoms with van der Waals surface area (Å²) in [4.78, 5) is 6.88. The molecule has 1 aliphatic heterocycles. The number of hydrogen-bond donors (Lipinski definition) is 0. The molecule has 1 aromatic carbocycles. The monoisotopic (exact) mass is 358 g/mol. The smallest absolute Gasteiger partial charge is 0.157 e. The van der Waals surface area contributed by atoms with Crippen molar-refractivity contribution in [3.63, 3.8) is 0 Å². The summed E-state index contributed by atoms with van der Waals surface area (Å²) < 4.78 is 15.7.